The molecule has 0 spiro atoms. The summed E-state index contributed by atoms with van der Waals surface area (Å²) in [6.07, 6.45) is 3.32. The number of likely N-dealkylation sites (tertiary alicyclic amines) is 1. The van der Waals surface area contributed by atoms with Crippen LogP contribution in [0.4, 0.5) is 0 Å². The van der Waals surface area contributed by atoms with Crippen molar-refractivity contribution in [1.29, 1.82) is 0 Å². The Morgan fingerprint density at radius 3 is 2.52 bits per heavy atom. The highest BCUT2D eigenvalue weighted by atomic mass is 16.5. The molecule has 0 unspecified atom stereocenters. The zero-order valence-electron chi connectivity index (χ0n) is 20.6. The molecule has 1 aliphatic heterocycles. The molecule has 0 aromatic rings. The van der Waals surface area contributed by atoms with Gasteiger partial charge in [0.2, 0.25) is 17.7 Å². The number of ether oxygens (including phenoxy) is 1. The van der Waals surface area contributed by atoms with Crippen LogP contribution in [-0.2, 0) is 19.1 Å². The average molecular weight is 469 g/mol. The molecule has 0 saturated carbocycles. The van der Waals surface area contributed by atoms with Gasteiger partial charge in [0.05, 0.1) is 18.2 Å². The van der Waals surface area contributed by atoms with Crippen molar-refractivity contribution in [2.24, 2.45) is 15.8 Å². The Morgan fingerprint density at radius 2 is 2.00 bits per heavy atom. The molecule has 1 saturated heterocycles. The summed E-state index contributed by atoms with van der Waals surface area (Å²) in [6, 6.07) is -1.83. The Kier molecular flexibility index (Phi) is 11.8. The molecule has 188 valence electrons. The van der Waals surface area contributed by atoms with E-state index in [9.17, 15) is 14.4 Å². The molecule has 3 atom stereocenters. The van der Waals surface area contributed by atoms with E-state index in [-0.39, 0.29) is 24.3 Å². The lowest BCUT2D eigenvalue weighted by atomic mass is 9.99. The summed E-state index contributed by atoms with van der Waals surface area (Å²) in [5.74, 6) is -0.232. The summed E-state index contributed by atoms with van der Waals surface area (Å²) >= 11 is 0. The SMILES string of the molecule is CN=C(NC)NCCC[C@@H](/C=N\NC(C)=O)NC(=O)[C@@H]1CCN1C(=O)[C@H](N)COC(C)(C)C. The topological polar surface area (TPSA) is 163 Å². The van der Waals surface area contributed by atoms with E-state index in [1.807, 2.05) is 20.8 Å². The maximum absolute atomic E-state index is 12.9. The molecule has 1 aliphatic rings. The molecule has 33 heavy (non-hydrogen) atoms. The van der Waals surface area contributed by atoms with Crippen molar-refractivity contribution in [2.75, 3.05) is 33.8 Å². The van der Waals surface area contributed by atoms with Crippen LogP contribution in [0.25, 0.3) is 0 Å². The Hall–Kier alpha value is -2.73. The number of nitrogens with one attached hydrogen (secondary N) is 4. The molecular weight excluding hydrogens is 428 g/mol. The van der Waals surface area contributed by atoms with E-state index in [0.29, 0.717) is 38.3 Å². The number of carbonyl (C=O) groups is 3. The summed E-state index contributed by atoms with van der Waals surface area (Å²) in [4.78, 5) is 42.1. The number of hydrogen-bond acceptors (Lipinski definition) is 7. The minimum absolute atomic E-state index is 0.0852. The number of guanidine groups is 1. The Labute approximate surface area is 196 Å². The molecule has 0 aliphatic carbocycles. The second-order valence-electron chi connectivity index (χ2n) is 8.82. The van der Waals surface area contributed by atoms with Crippen LogP contribution >= 0.6 is 0 Å². The lowest BCUT2D eigenvalue weighted by Crippen LogP contribution is -2.63. The third-order valence-corrected chi connectivity index (χ3v) is 4.87. The zero-order valence-corrected chi connectivity index (χ0v) is 20.6. The molecule has 12 nitrogen and oxygen atoms in total. The first-order valence-electron chi connectivity index (χ1n) is 11.2. The second kappa shape index (κ2) is 13.7. The van der Waals surface area contributed by atoms with Crippen LogP contribution in [0.3, 0.4) is 0 Å². The minimum atomic E-state index is -0.829. The lowest BCUT2D eigenvalue weighted by molar-refractivity contribution is -0.150. The van der Waals surface area contributed by atoms with Gasteiger partial charge >= 0.3 is 0 Å². The first-order chi connectivity index (χ1) is 15.5. The molecular formula is C21H40N8O4. The number of amides is 3. The van der Waals surface area contributed by atoms with Crippen molar-refractivity contribution < 1.29 is 19.1 Å². The summed E-state index contributed by atoms with van der Waals surface area (Å²) in [6.45, 7) is 8.19. The van der Waals surface area contributed by atoms with Crippen LogP contribution in [-0.4, -0.2) is 92.3 Å². The van der Waals surface area contributed by atoms with Gasteiger partial charge in [-0.3, -0.25) is 19.4 Å². The Bertz CT molecular complexity index is 720. The molecule has 12 heteroatoms. The highest BCUT2D eigenvalue weighted by molar-refractivity contribution is 5.92. The smallest absolute Gasteiger partial charge is 0.243 e. The summed E-state index contributed by atoms with van der Waals surface area (Å²) < 4.78 is 5.60. The van der Waals surface area contributed by atoms with E-state index < -0.39 is 23.7 Å². The van der Waals surface area contributed by atoms with Crippen LogP contribution in [0.5, 0.6) is 0 Å². The monoisotopic (exact) mass is 468 g/mol. The van der Waals surface area contributed by atoms with E-state index in [2.05, 4.69) is 31.5 Å². The van der Waals surface area contributed by atoms with Crippen LogP contribution in [0.15, 0.2) is 10.1 Å². The van der Waals surface area contributed by atoms with Crippen LogP contribution < -0.4 is 27.1 Å². The Balaban J connectivity index is 2.66. The van der Waals surface area contributed by atoms with Gasteiger partial charge in [0.1, 0.15) is 12.1 Å². The summed E-state index contributed by atoms with van der Waals surface area (Å²) in [5.41, 5.74) is 7.92. The molecule has 3 amide bonds. The predicted octanol–water partition coefficient (Wildman–Crippen LogP) is -1.09. The summed E-state index contributed by atoms with van der Waals surface area (Å²) in [5, 5.41) is 12.9. The van der Waals surface area contributed by atoms with E-state index in [4.69, 9.17) is 10.5 Å². The third kappa shape index (κ3) is 10.6. The third-order valence-electron chi connectivity index (χ3n) is 4.87. The molecule has 0 radical (unpaired) electrons. The van der Waals surface area contributed by atoms with Gasteiger partial charge in [0.25, 0.3) is 0 Å². The van der Waals surface area contributed by atoms with Crippen LogP contribution in [0, 0.1) is 0 Å². The molecule has 1 rings (SSSR count). The number of carbonyl (C=O) groups excluding carboxylic acids is 3. The lowest BCUT2D eigenvalue weighted by Gasteiger charge is -2.41. The van der Waals surface area contributed by atoms with Crippen LogP contribution in [0.2, 0.25) is 0 Å². The molecule has 0 bridgehead atoms. The van der Waals surface area contributed by atoms with Crippen LogP contribution in [0.1, 0.15) is 47.0 Å². The molecule has 0 aromatic carbocycles. The van der Waals surface area contributed by atoms with Crippen molar-refractivity contribution in [3.8, 4) is 0 Å². The number of aliphatic imine (C=N–C) groups is 1. The van der Waals surface area contributed by atoms with Gasteiger partial charge in [-0.05, 0) is 40.0 Å². The average Bonchev–Trinajstić information content (AvgIpc) is 2.70. The van der Waals surface area contributed by atoms with E-state index >= 15 is 0 Å². The molecule has 1 fully saturated rings. The molecule has 0 aromatic heterocycles. The standard InChI is InChI=1S/C21H40N8O4/c1-14(30)28-26-12-15(8-7-10-25-20(23-5)24-6)27-18(31)17-9-11-29(17)19(32)16(22)13-33-21(2,3)4/h12,15-17H,7-11,13,22H2,1-6H3,(H,27,31)(H,28,30)(H2,23,24,25)/b26-12-/t15-,16+,17-/m0/s1. The predicted molar refractivity (Wildman–Crippen MR) is 128 cm³/mol. The summed E-state index contributed by atoms with van der Waals surface area (Å²) in [7, 11) is 3.44. The van der Waals surface area contributed by atoms with Gasteiger partial charge in [-0.25, -0.2) is 5.43 Å². The fourth-order valence-electron chi connectivity index (χ4n) is 3.04. The van der Waals surface area contributed by atoms with E-state index in [0.717, 1.165) is 0 Å². The molecule has 6 N–H and O–H groups in total. The number of hydrogen-bond donors (Lipinski definition) is 5. The fraction of sp³-hybridized carbons (Fsp3) is 0.762. The fourth-order valence-corrected chi connectivity index (χ4v) is 3.04. The number of nitrogens with zero attached hydrogens (tertiary/aromatic N) is 3. The number of hydrazone groups is 1. The number of nitrogens with two attached hydrogens (primary N) is 1. The highest BCUT2D eigenvalue weighted by Gasteiger charge is 2.40. The number of rotatable bonds is 11. The van der Waals surface area contributed by atoms with Gasteiger partial charge in [-0.2, -0.15) is 5.10 Å². The van der Waals surface area contributed by atoms with E-state index in [1.54, 1.807) is 14.1 Å². The van der Waals surface area contributed by atoms with E-state index in [1.165, 1.54) is 18.0 Å². The van der Waals surface area contributed by atoms with Gasteiger partial charge < -0.3 is 31.3 Å². The minimum Gasteiger partial charge on any atom is -0.374 e. The maximum Gasteiger partial charge on any atom is 0.243 e. The van der Waals surface area contributed by atoms with Crippen molar-refractivity contribution in [3.63, 3.8) is 0 Å². The largest absolute Gasteiger partial charge is 0.374 e. The quantitative estimate of drug-likeness (QED) is 0.111. The van der Waals surface area contributed by atoms with Crippen molar-refractivity contribution in [3.05, 3.63) is 0 Å². The second-order valence-corrected chi connectivity index (χ2v) is 8.82. The van der Waals surface area contributed by atoms with Gasteiger partial charge in [-0.15, -0.1) is 0 Å². The van der Waals surface area contributed by atoms with Gasteiger partial charge in [0, 0.05) is 40.3 Å². The van der Waals surface area contributed by atoms with Crippen molar-refractivity contribution in [2.45, 2.75) is 70.7 Å². The maximum atomic E-state index is 12.9. The zero-order chi connectivity index (χ0) is 25.0. The first kappa shape index (κ1) is 28.3. The Morgan fingerprint density at radius 1 is 1.30 bits per heavy atom. The molecule has 1 heterocycles. The normalized spacial score (nSPS) is 18.3. The highest BCUT2D eigenvalue weighted by Crippen LogP contribution is 2.19. The van der Waals surface area contributed by atoms with Crippen molar-refractivity contribution in [1.82, 2.24) is 26.3 Å². The van der Waals surface area contributed by atoms with Gasteiger partial charge in [-0.1, -0.05) is 0 Å². The van der Waals surface area contributed by atoms with Crippen molar-refractivity contribution >= 4 is 29.9 Å². The van der Waals surface area contributed by atoms with Gasteiger partial charge in [0.15, 0.2) is 5.96 Å². The first-order valence-corrected chi connectivity index (χ1v) is 11.2.